The molecule has 1 aliphatic rings. The van der Waals surface area contributed by atoms with Gasteiger partial charge in [-0.3, -0.25) is 4.79 Å². The number of piperazine rings is 1. The average Bonchev–Trinajstić information content (AvgIpc) is 2.75. The normalized spacial score (nSPS) is 14.0. The Morgan fingerprint density at radius 2 is 1.68 bits per heavy atom. The largest absolute Gasteiger partial charge is 0.353 e. The van der Waals surface area contributed by atoms with E-state index in [1.165, 1.54) is 0 Å². The lowest BCUT2D eigenvalue weighted by Gasteiger charge is -2.35. The van der Waals surface area contributed by atoms with Crippen LogP contribution >= 0.6 is 11.6 Å². The van der Waals surface area contributed by atoms with E-state index in [2.05, 4.69) is 30.3 Å². The van der Waals surface area contributed by atoms with Gasteiger partial charge in [-0.05, 0) is 42.5 Å². The molecule has 28 heavy (non-hydrogen) atoms. The Hall–Kier alpha value is -3.19. The number of nitrogens with one attached hydrogen (secondary N) is 1. The minimum absolute atomic E-state index is 0.270. The summed E-state index contributed by atoms with van der Waals surface area (Å²) in [5.74, 6) is 1.92. The van der Waals surface area contributed by atoms with Gasteiger partial charge < -0.3 is 15.1 Å². The van der Waals surface area contributed by atoms with E-state index in [1.54, 1.807) is 30.3 Å². The van der Waals surface area contributed by atoms with Crippen molar-refractivity contribution in [2.24, 2.45) is 0 Å². The topological polar surface area (TPSA) is 74.2 Å². The van der Waals surface area contributed by atoms with Gasteiger partial charge in [0.2, 0.25) is 0 Å². The molecule has 0 bridgehead atoms. The van der Waals surface area contributed by atoms with Crippen LogP contribution in [0, 0.1) is 0 Å². The Labute approximate surface area is 168 Å². The number of rotatable bonds is 4. The fraction of sp³-hybridized carbons (Fsp3) is 0.200. The summed E-state index contributed by atoms with van der Waals surface area (Å²) in [5, 5.41) is 11.7. The van der Waals surface area contributed by atoms with Crippen molar-refractivity contribution in [3.8, 4) is 0 Å². The second-order valence-electron chi connectivity index (χ2n) is 6.40. The van der Waals surface area contributed by atoms with E-state index in [1.807, 2.05) is 30.5 Å². The number of anilines is 3. The average molecular weight is 395 g/mol. The third-order valence-electron chi connectivity index (χ3n) is 4.56. The van der Waals surface area contributed by atoms with Gasteiger partial charge in [0.15, 0.2) is 11.6 Å². The van der Waals surface area contributed by atoms with E-state index in [0.29, 0.717) is 16.4 Å². The van der Waals surface area contributed by atoms with Crippen LogP contribution in [0.2, 0.25) is 5.02 Å². The lowest BCUT2D eigenvalue weighted by atomic mass is 10.2. The van der Waals surface area contributed by atoms with E-state index < -0.39 is 0 Å². The van der Waals surface area contributed by atoms with Gasteiger partial charge in [-0.1, -0.05) is 23.7 Å². The predicted octanol–water partition coefficient (Wildman–Crippen LogP) is 3.10. The van der Waals surface area contributed by atoms with Gasteiger partial charge in [-0.2, -0.15) is 0 Å². The number of pyridine rings is 1. The molecular weight excluding hydrogens is 376 g/mol. The first-order valence-corrected chi connectivity index (χ1v) is 9.38. The smallest absolute Gasteiger partial charge is 0.256 e. The van der Waals surface area contributed by atoms with Crippen LogP contribution in [0.5, 0.6) is 0 Å². The molecule has 1 aromatic carbocycles. The van der Waals surface area contributed by atoms with Crippen molar-refractivity contribution in [3.05, 3.63) is 71.4 Å². The fourth-order valence-corrected chi connectivity index (χ4v) is 3.27. The lowest BCUT2D eigenvalue weighted by Crippen LogP contribution is -2.47. The summed E-state index contributed by atoms with van der Waals surface area (Å²) in [6.07, 6.45) is 1.81. The van der Waals surface area contributed by atoms with Crippen LogP contribution in [-0.2, 0) is 0 Å². The molecule has 2 aromatic heterocycles. The van der Waals surface area contributed by atoms with Crippen molar-refractivity contribution in [2.75, 3.05) is 41.3 Å². The molecule has 0 aliphatic carbocycles. The highest BCUT2D eigenvalue weighted by Gasteiger charge is 2.19. The Morgan fingerprint density at radius 1 is 0.893 bits per heavy atom. The van der Waals surface area contributed by atoms with Gasteiger partial charge in [-0.25, -0.2) is 4.98 Å². The van der Waals surface area contributed by atoms with Crippen molar-refractivity contribution >= 4 is 35.0 Å². The number of carbonyl (C=O) groups excluding carboxylic acids is 1. The number of carbonyl (C=O) groups is 1. The number of benzene rings is 1. The minimum Gasteiger partial charge on any atom is -0.353 e. The molecule has 1 N–H and O–H groups in total. The van der Waals surface area contributed by atoms with E-state index in [9.17, 15) is 4.79 Å². The second-order valence-corrected chi connectivity index (χ2v) is 6.84. The Kier molecular flexibility index (Phi) is 5.34. The highest BCUT2D eigenvalue weighted by atomic mass is 35.5. The lowest BCUT2D eigenvalue weighted by molar-refractivity contribution is 0.102. The van der Waals surface area contributed by atoms with Crippen molar-refractivity contribution < 1.29 is 4.79 Å². The van der Waals surface area contributed by atoms with Gasteiger partial charge in [0, 0.05) is 43.0 Å². The maximum atomic E-state index is 12.3. The number of aromatic nitrogens is 3. The molecule has 1 fully saturated rings. The number of halogens is 1. The van der Waals surface area contributed by atoms with Gasteiger partial charge in [0.25, 0.3) is 5.91 Å². The van der Waals surface area contributed by atoms with Crippen LogP contribution in [0.4, 0.5) is 17.5 Å². The van der Waals surface area contributed by atoms with E-state index in [0.717, 1.165) is 37.8 Å². The summed E-state index contributed by atoms with van der Waals surface area (Å²) in [6.45, 7) is 3.40. The number of hydrogen-bond acceptors (Lipinski definition) is 6. The van der Waals surface area contributed by atoms with Crippen LogP contribution in [0.15, 0.2) is 60.8 Å². The van der Waals surface area contributed by atoms with E-state index in [4.69, 9.17) is 11.6 Å². The van der Waals surface area contributed by atoms with Crippen molar-refractivity contribution in [3.63, 3.8) is 0 Å². The summed E-state index contributed by atoms with van der Waals surface area (Å²) < 4.78 is 0. The second kappa shape index (κ2) is 8.22. The summed E-state index contributed by atoms with van der Waals surface area (Å²) >= 11 is 5.93. The van der Waals surface area contributed by atoms with Gasteiger partial charge in [0.1, 0.15) is 5.82 Å². The Balaban J connectivity index is 1.35. The zero-order valence-electron chi connectivity index (χ0n) is 15.1. The summed E-state index contributed by atoms with van der Waals surface area (Å²) in [6, 6.07) is 16.3. The molecular formula is C20H19ClN6O. The van der Waals surface area contributed by atoms with Crippen LogP contribution in [0.25, 0.3) is 0 Å². The molecule has 0 radical (unpaired) electrons. The van der Waals surface area contributed by atoms with Gasteiger partial charge in [0.05, 0.1) is 0 Å². The van der Waals surface area contributed by atoms with Crippen LogP contribution < -0.4 is 15.1 Å². The molecule has 3 aromatic rings. The summed E-state index contributed by atoms with van der Waals surface area (Å²) in [4.78, 5) is 21.1. The molecule has 1 amide bonds. The Morgan fingerprint density at radius 3 is 2.32 bits per heavy atom. The first-order valence-electron chi connectivity index (χ1n) is 9.00. The SMILES string of the molecule is O=C(Nc1ccc(N2CCN(c3ccccn3)CC2)nn1)c1cccc(Cl)c1. The molecule has 0 spiro atoms. The van der Waals surface area contributed by atoms with Crippen LogP contribution in [0.1, 0.15) is 10.4 Å². The molecule has 4 rings (SSSR count). The summed E-state index contributed by atoms with van der Waals surface area (Å²) in [7, 11) is 0. The quantitative estimate of drug-likeness (QED) is 0.733. The van der Waals surface area contributed by atoms with E-state index in [-0.39, 0.29) is 5.91 Å². The fourth-order valence-electron chi connectivity index (χ4n) is 3.08. The van der Waals surface area contributed by atoms with E-state index >= 15 is 0 Å². The molecule has 1 aliphatic heterocycles. The van der Waals surface area contributed by atoms with Crippen molar-refractivity contribution in [1.29, 1.82) is 0 Å². The molecule has 0 atom stereocenters. The van der Waals surface area contributed by atoms with Crippen LogP contribution in [-0.4, -0.2) is 47.3 Å². The standard InChI is InChI=1S/C20H19ClN6O/c21-16-5-3-4-15(14-16)20(28)23-17-7-8-19(25-24-17)27-12-10-26(11-13-27)18-6-1-2-9-22-18/h1-9,14H,10-13H2,(H,23,24,28). The number of nitrogens with zero attached hydrogens (tertiary/aromatic N) is 5. The molecule has 142 valence electrons. The summed E-state index contributed by atoms with van der Waals surface area (Å²) in [5.41, 5.74) is 0.476. The molecule has 0 unspecified atom stereocenters. The molecule has 3 heterocycles. The van der Waals surface area contributed by atoms with Crippen molar-refractivity contribution in [1.82, 2.24) is 15.2 Å². The molecule has 8 heteroatoms. The first-order chi connectivity index (χ1) is 13.7. The highest BCUT2D eigenvalue weighted by Crippen LogP contribution is 2.18. The highest BCUT2D eigenvalue weighted by molar-refractivity contribution is 6.31. The first kappa shape index (κ1) is 18.2. The maximum absolute atomic E-state index is 12.3. The molecule has 1 saturated heterocycles. The minimum atomic E-state index is -0.270. The van der Waals surface area contributed by atoms with Crippen LogP contribution in [0.3, 0.4) is 0 Å². The third kappa shape index (κ3) is 4.20. The molecule has 7 nitrogen and oxygen atoms in total. The zero-order valence-corrected chi connectivity index (χ0v) is 15.9. The number of amides is 1. The van der Waals surface area contributed by atoms with Gasteiger partial charge in [-0.15, -0.1) is 10.2 Å². The molecule has 0 saturated carbocycles. The third-order valence-corrected chi connectivity index (χ3v) is 4.79. The maximum Gasteiger partial charge on any atom is 0.256 e. The van der Waals surface area contributed by atoms with Crippen molar-refractivity contribution in [2.45, 2.75) is 0 Å². The Bertz CT molecular complexity index is 942. The monoisotopic (exact) mass is 394 g/mol. The van der Waals surface area contributed by atoms with Gasteiger partial charge >= 0.3 is 0 Å². The zero-order chi connectivity index (χ0) is 19.3. The predicted molar refractivity (Wildman–Crippen MR) is 110 cm³/mol. The number of hydrogen-bond donors (Lipinski definition) is 1.